The van der Waals surface area contributed by atoms with Gasteiger partial charge in [-0.15, -0.1) is 0 Å². The van der Waals surface area contributed by atoms with Gasteiger partial charge in [-0.2, -0.15) is 0 Å². The summed E-state index contributed by atoms with van der Waals surface area (Å²) in [5.41, 5.74) is 3.25. The molecule has 1 unspecified atom stereocenters. The topological polar surface area (TPSA) is 0 Å². The third-order valence-corrected chi connectivity index (χ3v) is 5.65. The van der Waals surface area contributed by atoms with Crippen molar-refractivity contribution in [1.82, 2.24) is 0 Å². The van der Waals surface area contributed by atoms with Crippen molar-refractivity contribution in [2.75, 3.05) is 0 Å². The number of hydrogen-bond acceptors (Lipinski definition) is 0. The summed E-state index contributed by atoms with van der Waals surface area (Å²) >= 11 is 0. The summed E-state index contributed by atoms with van der Waals surface area (Å²) in [6.45, 7) is 18.5. The Bertz CT molecular complexity index is 459. The predicted molar refractivity (Wildman–Crippen MR) is 91.9 cm³/mol. The molecule has 0 bridgehead atoms. The lowest BCUT2D eigenvalue weighted by Crippen LogP contribution is -2.51. The van der Waals surface area contributed by atoms with E-state index in [0.29, 0.717) is 0 Å². The van der Waals surface area contributed by atoms with Crippen molar-refractivity contribution in [3.8, 4) is 0 Å². The third kappa shape index (κ3) is 3.03. The summed E-state index contributed by atoms with van der Waals surface area (Å²) in [5, 5.41) is 0. The molecule has 1 aromatic rings. The molecule has 0 aromatic heterocycles. The Balaban J connectivity index is 3.69. The molecule has 0 spiro atoms. The highest BCUT2D eigenvalue weighted by atomic mass is 19.1. The second-order valence-corrected chi connectivity index (χ2v) is 7.97. The van der Waals surface area contributed by atoms with Gasteiger partial charge in [0, 0.05) is 5.41 Å². The maximum Gasteiger partial charge on any atom is 0.115 e. The molecule has 0 heterocycles. The minimum absolute atomic E-state index is 0.156. The van der Waals surface area contributed by atoms with Gasteiger partial charge in [0.05, 0.1) is 0 Å². The summed E-state index contributed by atoms with van der Waals surface area (Å²) in [5.74, 6) is 0. The molecule has 0 N–H and O–H groups in total. The van der Waals surface area contributed by atoms with Crippen molar-refractivity contribution in [3.05, 3.63) is 34.4 Å². The molecule has 0 aliphatic heterocycles. The SMILES string of the molecule is CCc1cc(C(C)(C(C)(C)C)C(C)(C)F)cc(CC)c1C. The average Bonchev–Trinajstić information content (AvgIpc) is 2.35. The molecule has 0 saturated heterocycles. The Morgan fingerprint density at radius 2 is 1.24 bits per heavy atom. The van der Waals surface area contributed by atoms with Crippen LogP contribution in [-0.4, -0.2) is 5.67 Å². The van der Waals surface area contributed by atoms with Gasteiger partial charge < -0.3 is 0 Å². The summed E-state index contributed by atoms with van der Waals surface area (Å²) in [6.07, 6.45) is 2.00. The molecule has 120 valence electrons. The molecule has 0 saturated carbocycles. The first-order chi connectivity index (χ1) is 9.40. The largest absolute Gasteiger partial charge is 0.244 e. The van der Waals surface area contributed by atoms with Crippen molar-refractivity contribution < 1.29 is 4.39 Å². The molecule has 0 amide bonds. The fraction of sp³-hybridized carbons (Fsp3) is 0.700. The van der Waals surface area contributed by atoms with Gasteiger partial charge in [-0.3, -0.25) is 0 Å². The van der Waals surface area contributed by atoms with Crippen LogP contribution in [0.25, 0.3) is 0 Å². The van der Waals surface area contributed by atoms with E-state index in [2.05, 4.69) is 60.6 Å². The average molecular weight is 292 g/mol. The Hall–Kier alpha value is -0.850. The summed E-state index contributed by atoms with van der Waals surface area (Å²) in [4.78, 5) is 0. The quantitative estimate of drug-likeness (QED) is 0.622. The number of hydrogen-bond donors (Lipinski definition) is 0. The second kappa shape index (κ2) is 5.74. The lowest BCUT2D eigenvalue weighted by atomic mass is 9.56. The Labute approximate surface area is 131 Å². The first-order valence-electron chi connectivity index (χ1n) is 8.22. The van der Waals surface area contributed by atoms with Gasteiger partial charge in [-0.25, -0.2) is 4.39 Å². The van der Waals surface area contributed by atoms with Crippen LogP contribution < -0.4 is 0 Å². The minimum atomic E-state index is -1.28. The maximum absolute atomic E-state index is 15.2. The van der Waals surface area contributed by atoms with Crippen LogP contribution in [0.5, 0.6) is 0 Å². The van der Waals surface area contributed by atoms with E-state index in [4.69, 9.17) is 0 Å². The molecule has 0 fully saturated rings. The summed E-state index contributed by atoms with van der Waals surface area (Å²) in [7, 11) is 0. The molecular formula is C20H33F. The van der Waals surface area contributed by atoms with Crippen LogP contribution in [0.4, 0.5) is 4.39 Å². The normalized spacial score (nSPS) is 15.9. The third-order valence-electron chi connectivity index (χ3n) is 5.65. The molecular weight excluding hydrogens is 259 g/mol. The smallest absolute Gasteiger partial charge is 0.115 e. The zero-order valence-electron chi connectivity index (χ0n) is 15.4. The van der Waals surface area contributed by atoms with Gasteiger partial charge >= 0.3 is 0 Å². The summed E-state index contributed by atoms with van der Waals surface area (Å²) < 4.78 is 15.2. The number of alkyl halides is 1. The zero-order chi connectivity index (χ0) is 16.6. The Kier molecular flexibility index (Phi) is 4.98. The van der Waals surface area contributed by atoms with Crippen molar-refractivity contribution in [1.29, 1.82) is 0 Å². The van der Waals surface area contributed by atoms with E-state index in [0.717, 1.165) is 18.4 Å². The molecule has 1 atom stereocenters. The molecule has 0 aliphatic carbocycles. The maximum atomic E-state index is 15.2. The van der Waals surface area contributed by atoms with Crippen molar-refractivity contribution in [2.24, 2.45) is 5.41 Å². The Morgan fingerprint density at radius 3 is 1.48 bits per heavy atom. The number of halogens is 1. The lowest BCUT2D eigenvalue weighted by molar-refractivity contribution is 0.0177. The molecule has 1 aromatic carbocycles. The second-order valence-electron chi connectivity index (χ2n) is 7.97. The van der Waals surface area contributed by atoms with Gasteiger partial charge in [0.15, 0.2) is 0 Å². The fourth-order valence-electron chi connectivity index (χ4n) is 3.53. The van der Waals surface area contributed by atoms with Gasteiger partial charge in [-0.1, -0.05) is 53.7 Å². The number of aryl methyl sites for hydroxylation is 2. The van der Waals surface area contributed by atoms with Crippen LogP contribution >= 0.6 is 0 Å². The molecule has 0 aliphatic rings. The van der Waals surface area contributed by atoms with Gasteiger partial charge in [0.2, 0.25) is 0 Å². The van der Waals surface area contributed by atoms with E-state index in [1.165, 1.54) is 16.7 Å². The lowest BCUT2D eigenvalue weighted by Gasteiger charge is -2.49. The first kappa shape index (κ1) is 18.2. The van der Waals surface area contributed by atoms with Crippen molar-refractivity contribution in [2.45, 2.75) is 86.2 Å². The van der Waals surface area contributed by atoms with E-state index in [-0.39, 0.29) is 5.41 Å². The van der Waals surface area contributed by atoms with E-state index in [1.807, 2.05) is 0 Å². The van der Waals surface area contributed by atoms with E-state index in [9.17, 15) is 0 Å². The highest BCUT2D eigenvalue weighted by Gasteiger charge is 2.51. The van der Waals surface area contributed by atoms with Crippen LogP contribution in [0.1, 0.15) is 77.6 Å². The standard InChI is InChI=1S/C20H33F/c1-10-15-12-17(13-16(11-2)14(15)3)20(9,18(4,5)6)19(7,8)21/h12-13H,10-11H2,1-9H3. The van der Waals surface area contributed by atoms with Crippen LogP contribution in [0.15, 0.2) is 12.1 Å². The van der Waals surface area contributed by atoms with Crippen molar-refractivity contribution in [3.63, 3.8) is 0 Å². The zero-order valence-corrected chi connectivity index (χ0v) is 15.4. The highest BCUT2D eigenvalue weighted by Crippen LogP contribution is 2.51. The van der Waals surface area contributed by atoms with Gasteiger partial charge in [0.25, 0.3) is 0 Å². The van der Waals surface area contributed by atoms with Crippen molar-refractivity contribution >= 4 is 0 Å². The van der Waals surface area contributed by atoms with E-state index >= 15 is 4.39 Å². The molecule has 21 heavy (non-hydrogen) atoms. The van der Waals surface area contributed by atoms with Gasteiger partial charge in [-0.05, 0) is 61.3 Å². The van der Waals surface area contributed by atoms with Crippen LogP contribution in [0.3, 0.4) is 0 Å². The minimum Gasteiger partial charge on any atom is -0.244 e. The number of rotatable bonds is 4. The molecule has 1 heteroatoms. The molecule has 0 nitrogen and oxygen atoms in total. The predicted octanol–water partition coefficient (Wildman–Crippen LogP) is 6.17. The summed E-state index contributed by atoms with van der Waals surface area (Å²) in [6, 6.07) is 4.47. The first-order valence-corrected chi connectivity index (χ1v) is 8.22. The van der Waals surface area contributed by atoms with Gasteiger partial charge in [0.1, 0.15) is 5.67 Å². The molecule has 0 radical (unpaired) electrons. The monoisotopic (exact) mass is 292 g/mol. The number of benzene rings is 1. The fourth-order valence-corrected chi connectivity index (χ4v) is 3.53. The van der Waals surface area contributed by atoms with Crippen LogP contribution in [-0.2, 0) is 18.3 Å². The van der Waals surface area contributed by atoms with Crippen LogP contribution in [0.2, 0.25) is 0 Å². The Morgan fingerprint density at radius 1 is 0.857 bits per heavy atom. The van der Waals surface area contributed by atoms with E-state index < -0.39 is 11.1 Å². The van der Waals surface area contributed by atoms with Crippen LogP contribution in [0, 0.1) is 12.3 Å². The highest BCUT2D eigenvalue weighted by molar-refractivity contribution is 5.43. The molecule has 1 rings (SSSR count). The van der Waals surface area contributed by atoms with E-state index in [1.54, 1.807) is 13.8 Å².